The van der Waals surface area contributed by atoms with Gasteiger partial charge in [0.25, 0.3) is 0 Å². The Labute approximate surface area is 298 Å². The number of hydrogen-bond acceptors (Lipinski definition) is 6. The molecule has 0 saturated carbocycles. The zero-order chi connectivity index (χ0) is 35.6. The highest BCUT2D eigenvalue weighted by Crippen LogP contribution is 2.49. The number of benzene rings is 4. The first-order chi connectivity index (χ1) is 24.5. The number of carbonyl (C=O) groups is 3. The van der Waals surface area contributed by atoms with E-state index in [0.717, 1.165) is 118 Å². The fraction of sp³-hybridized carbons (Fsp3) is 0.477. The number of ether oxygens (including phenoxy) is 3. The Kier molecular flexibility index (Phi) is 16.3. The van der Waals surface area contributed by atoms with Gasteiger partial charge in [0.15, 0.2) is 5.75 Å². The standard InChI is InChI=1S/C44H56O6/c1-4-7-10-13-19-30-38(45)48-36-28-22-26-34-41(33-24-17-16-18-25-33)35-27-23-29-37(49-39(46)31-20-14-11-8-5-2)43(35)44(42(34)36)50-40(47)32-21-15-12-9-6-3/h16-18,22-29H,4-15,19-21,30-32H2,1-3H3. The summed E-state index contributed by atoms with van der Waals surface area (Å²) >= 11 is 0. The molecule has 0 atom stereocenters. The number of unbranched alkanes of at least 4 members (excludes halogenated alkanes) is 12. The number of hydrogen-bond donors (Lipinski definition) is 0. The van der Waals surface area contributed by atoms with Crippen LogP contribution in [0.3, 0.4) is 0 Å². The van der Waals surface area contributed by atoms with Crippen molar-refractivity contribution >= 4 is 39.5 Å². The average Bonchev–Trinajstić information content (AvgIpc) is 3.11. The lowest BCUT2D eigenvalue weighted by atomic mass is 9.90. The van der Waals surface area contributed by atoms with Crippen LogP contribution in [0.4, 0.5) is 0 Å². The molecular formula is C44H56O6. The number of fused-ring (bicyclic) bond motifs is 2. The van der Waals surface area contributed by atoms with Gasteiger partial charge in [0.2, 0.25) is 0 Å². The lowest BCUT2D eigenvalue weighted by molar-refractivity contribution is -0.135. The van der Waals surface area contributed by atoms with Gasteiger partial charge in [-0.1, -0.05) is 152 Å². The molecule has 4 aromatic rings. The van der Waals surface area contributed by atoms with Crippen LogP contribution in [0.15, 0.2) is 66.7 Å². The first-order valence-corrected chi connectivity index (χ1v) is 19.2. The molecule has 0 fully saturated rings. The van der Waals surface area contributed by atoms with Crippen LogP contribution in [0.2, 0.25) is 0 Å². The van der Waals surface area contributed by atoms with Crippen molar-refractivity contribution < 1.29 is 28.6 Å². The van der Waals surface area contributed by atoms with E-state index in [1.54, 1.807) is 12.1 Å². The average molecular weight is 681 g/mol. The minimum absolute atomic E-state index is 0.255. The molecule has 50 heavy (non-hydrogen) atoms. The van der Waals surface area contributed by atoms with Crippen molar-refractivity contribution in [2.75, 3.05) is 0 Å². The van der Waals surface area contributed by atoms with Crippen molar-refractivity contribution in [3.8, 4) is 28.4 Å². The highest BCUT2D eigenvalue weighted by Gasteiger charge is 2.25. The van der Waals surface area contributed by atoms with E-state index in [-0.39, 0.29) is 30.1 Å². The normalized spacial score (nSPS) is 11.2. The summed E-state index contributed by atoms with van der Waals surface area (Å²) in [6, 6.07) is 21.2. The largest absolute Gasteiger partial charge is 0.426 e. The lowest BCUT2D eigenvalue weighted by Crippen LogP contribution is -2.12. The molecule has 268 valence electrons. The smallest absolute Gasteiger partial charge is 0.311 e. The maximum absolute atomic E-state index is 13.6. The molecule has 0 aromatic heterocycles. The zero-order valence-electron chi connectivity index (χ0n) is 30.5. The van der Waals surface area contributed by atoms with E-state index in [1.165, 1.54) is 0 Å². The van der Waals surface area contributed by atoms with Gasteiger partial charge in [-0.15, -0.1) is 0 Å². The van der Waals surface area contributed by atoms with Crippen molar-refractivity contribution in [2.45, 2.75) is 136 Å². The minimum atomic E-state index is -0.370. The maximum Gasteiger partial charge on any atom is 0.311 e. The fourth-order valence-electron chi connectivity index (χ4n) is 6.54. The predicted molar refractivity (Wildman–Crippen MR) is 204 cm³/mol. The SMILES string of the molecule is CCCCCCCC(=O)Oc1cccc2c(-c3ccccc3)c3cccc(OC(=O)CCCCCCC)c3c(OC(=O)CCCCCCC)c12. The van der Waals surface area contributed by atoms with Crippen LogP contribution < -0.4 is 14.2 Å². The summed E-state index contributed by atoms with van der Waals surface area (Å²) in [6.45, 7) is 6.50. The molecule has 0 amide bonds. The van der Waals surface area contributed by atoms with Crippen molar-refractivity contribution in [1.82, 2.24) is 0 Å². The van der Waals surface area contributed by atoms with Crippen LogP contribution in [0.1, 0.15) is 136 Å². The van der Waals surface area contributed by atoms with E-state index in [0.29, 0.717) is 35.1 Å². The molecule has 0 radical (unpaired) electrons. The predicted octanol–water partition coefficient (Wildman–Crippen LogP) is 12.5. The van der Waals surface area contributed by atoms with Gasteiger partial charge < -0.3 is 14.2 Å². The van der Waals surface area contributed by atoms with Crippen LogP contribution in [-0.2, 0) is 14.4 Å². The number of rotatable bonds is 22. The third kappa shape index (κ3) is 11.2. The van der Waals surface area contributed by atoms with Crippen molar-refractivity contribution in [2.24, 2.45) is 0 Å². The second-order valence-electron chi connectivity index (χ2n) is 13.3. The molecule has 4 aromatic carbocycles. The fourth-order valence-corrected chi connectivity index (χ4v) is 6.54. The Balaban J connectivity index is 1.84. The van der Waals surface area contributed by atoms with E-state index in [4.69, 9.17) is 14.2 Å². The van der Waals surface area contributed by atoms with Crippen LogP contribution in [0.5, 0.6) is 17.2 Å². The molecule has 0 aliphatic rings. The highest BCUT2D eigenvalue weighted by atomic mass is 16.6. The Bertz CT molecular complexity index is 1590. The molecule has 4 rings (SSSR count). The van der Waals surface area contributed by atoms with Crippen molar-refractivity contribution in [3.63, 3.8) is 0 Å². The summed E-state index contributed by atoms with van der Waals surface area (Å²) in [5.74, 6) is -0.125. The molecular weight excluding hydrogens is 624 g/mol. The maximum atomic E-state index is 13.6. The quantitative estimate of drug-likeness (QED) is 0.0356. The van der Waals surface area contributed by atoms with Gasteiger partial charge in [-0.3, -0.25) is 14.4 Å². The van der Waals surface area contributed by atoms with E-state index in [9.17, 15) is 14.4 Å². The molecule has 0 heterocycles. The Morgan fingerprint density at radius 2 is 0.840 bits per heavy atom. The molecule has 6 heteroatoms. The van der Waals surface area contributed by atoms with Gasteiger partial charge in [-0.25, -0.2) is 0 Å². The second kappa shape index (κ2) is 21.1. The Hall–Kier alpha value is -4.19. The minimum Gasteiger partial charge on any atom is -0.426 e. The van der Waals surface area contributed by atoms with Gasteiger partial charge in [0, 0.05) is 19.3 Å². The third-order valence-electron chi connectivity index (χ3n) is 9.22. The third-order valence-corrected chi connectivity index (χ3v) is 9.22. The first-order valence-electron chi connectivity index (χ1n) is 19.2. The van der Waals surface area contributed by atoms with Gasteiger partial charge in [0.1, 0.15) is 11.5 Å². The van der Waals surface area contributed by atoms with Gasteiger partial charge in [-0.2, -0.15) is 0 Å². The van der Waals surface area contributed by atoms with E-state index < -0.39 is 0 Å². The summed E-state index contributed by atoms with van der Waals surface area (Å²) in [5, 5.41) is 2.59. The summed E-state index contributed by atoms with van der Waals surface area (Å²) in [7, 11) is 0. The van der Waals surface area contributed by atoms with Crippen LogP contribution in [0.25, 0.3) is 32.7 Å². The Morgan fingerprint density at radius 1 is 0.440 bits per heavy atom. The summed E-state index contributed by atoms with van der Waals surface area (Å²) in [5.41, 5.74) is 1.82. The summed E-state index contributed by atoms with van der Waals surface area (Å²) < 4.78 is 18.5. The molecule has 0 saturated heterocycles. The Morgan fingerprint density at radius 3 is 1.26 bits per heavy atom. The van der Waals surface area contributed by atoms with Crippen molar-refractivity contribution in [3.05, 3.63) is 66.7 Å². The molecule has 0 aliphatic heterocycles. The second-order valence-corrected chi connectivity index (χ2v) is 13.3. The topological polar surface area (TPSA) is 78.9 Å². The molecule has 0 bridgehead atoms. The van der Waals surface area contributed by atoms with Crippen LogP contribution in [-0.4, -0.2) is 17.9 Å². The molecule has 6 nitrogen and oxygen atoms in total. The van der Waals surface area contributed by atoms with Crippen LogP contribution in [0, 0.1) is 0 Å². The van der Waals surface area contributed by atoms with Crippen molar-refractivity contribution in [1.29, 1.82) is 0 Å². The zero-order valence-corrected chi connectivity index (χ0v) is 30.5. The van der Waals surface area contributed by atoms with Gasteiger partial charge in [-0.05, 0) is 53.3 Å². The van der Waals surface area contributed by atoms with Gasteiger partial charge >= 0.3 is 17.9 Å². The highest BCUT2D eigenvalue weighted by molar-refractivity contribution is 6.21. The number of carbonyl (C=O) groups excluding carboxylic acids is 3. The van der Waals surface area contributed by atoms with Crippen LogP contribution >= 0.6 is 0 Å². The summed E-state index contributed by atoms with van der Waals surface area (Å²) in [4.78, 5) is 40.1. The lowest BCUT2D eigenvalue weighted by Gasteiger charge is -2.20. The van der Waals surface area contributed by atoms with E-state index in [2.05, 4.69) is 20.8 Å². The molecule has 0 aliphatic carbocycles. The van der Waals surface area contributed by atoms with E-state index in [1.807, 2.05) is 54.6 Å². The summed E-state index contributed by atoms with van der Waals surface area (Å²) in [6.07, 6.45) is 16.0. The molecule has 0 N–H and O–H groups in total. The van der Waals surface area contributed by atoms with E-state index >= 15 is 0 Å². The molecule has 0 unspecified atom stereocenters. The first kappa shape index (κ1) is 38.6. The van der Waals surface area contributed by atoms with Gasteiger partial charge in [0.05, 0.1) is 10.8 Å². The monoisotopic (exact) mass is 680 g/mol. The molecule has 0 spiro atoms. The number of esters is 3.